The molecule has 3 heteroatoms. The molecule has 1 aliphatic carbocycles. The molecule has 0 aromatic heterocycles. The van der Waals surface area contributed by atoms with E-state index < -0.39 is 0 Å². The molecule has 0 spiro atoms. The van der Waals surface area contributed by atoms with Crippen molar-refractivity contribution in [3.8, 4) is 0 Å². The monoisotopic (exact) mass is 226 g/mol. The Hall–Kier alpha value is -0.570. The van der Waals surface area contributed by atoms with Crippen molar-refractivity contribution in [3.63, 3.8) is 0 Å². The quantitative estimate of drug-likeness (QED) is 0.546. The molecule has 2 atom stereocenters. The molecular weight excluding hydrogens is 204 g/mol. The largest absolute Gasteiger partial charge is 0.469 e. The Morgan fingerprint density at radius 2 is 2.06 bits per heavy atom. The normalized spacial score (nSPS) is 34.8. The van der Waals surface area contributed by atoms with Crippen LogP contribution in [-0.2, 0) is 14.3 Å². The maximum absolute atomic E-state index is 11.1. The highest BCUT2D eigenvalue weighted by Crippen LogP contribution is 2.48. The lowest BCUT2D eigenvalue weighted by Crippen LogP contribution is -2.21. The van der Waals surface area contributed by atoms with Crippen LogP contribution in [0.5, 0.6) is 0 Å². The van der Waals surface area contributed by atoms with E-state index in [2.05, 4.69) is 11.7 Å². The summed E-state index contributed by atoms with van der Waals surface area (Å²) in [6.45, 7) is 2.13. The van der Waals surface area contributed by atoms with Crippen LogP contribution in [0.3, 0.4) is 0 Å². The van der Waals surface area contributed by atoms with Crippen molar-refractivity contribution >= 4 is 5.97 Å². The third-order valence-electron chi connectivity index (χ3n) is 4.07. The van der Waals surface area contributed by atoms with Crippen molar-refractivity contribution in [1.82, 2.24) is 0 Å². The average Bonchev–Trinajstić information content (AvgIpc) is 3.00. The van der Waals surface area contributed by atoms with Crippen LogP contribution in [0.15, 0.2) is 0 Å². The van der Waals surface area contributed by atoms with Gasteiger partial charge in [-0.3, -0.25) is 4.79 Å². The lowest BCUT2D eigenvalue weighted by molar-refractivity contribution is -0.141. The van der Waals surface area contributed by atoms with E-state index in [0.29, 0.717) is 12.5 Å². The first-order chi connectivity index (χ1) is 7.65. The molecule has 92 valence electrons. The number of hydrogen-bond donors (Lipinski definition) is 0. The predicted molar refractivity (Wildman–Crippen MR) is 61.1 cm³/mol. The fourth-order valence-electron chi connectivity index (χ4n) is 2.94. The number of ether oxygens (including phenoxy) is 2. The Kier molecular flexibility index (Phi) is 3.53. The third-order valence-corrected chi connectivity index (χ3v) is 4.07. The molecule has 1 saturated carbocycles. The van der Waals surface area contributed by atoms with Crippen molar-refractivity contribution in [1.29, 1.82) is 0 Å². The Labute approximate surface area is 97.5 Å². The molecule has 0 aromatic carbocycles. The minimum absolute atomic E-state index is 0.0454. The van der Waals surface area contributed by atoms with Crippen LogP contribution in [0.25, 0.3) is 0 Å². The minimum Gasteiger partial charge on any atom is -0.469 e. The molecule has 2 aliphatic rings. The van der Waals surface area contributed by atoms with Crippen LogP contribution in [0.1, 0.15) is 51.9 Å². The summed E-state index contributed by atoms with van der Waals surface area (Å²) in [5.41, 5.74) is -0.0454. The number of carbonyl (C=O) groups is 1. The summed E-state index contributed by atoms with van der Waals surface area (Å²) < 4.78 is 10.5. The fraction of sp³-hybridized carbons (Fsp3) is 0.923. The van der Waals surface area contributed by atoms with Gasteiger partial charge >= 0.3 is 5.97 Å². The molecule has 3 nitrogen and oxygen atoms in total. The highest BCUT2D eigenvalue weighted by molar-refractivity contribution is 5.69. The summed E-state index contributed by atoms with van der Waals surface area (Å²) in [5, 5.41) is 0. The molecule has 0 N–H and O–H groups in total. The second-order valence-electron chi connectivity index (χ2n) is 5.33. The molecule has 2 rings (SSSR count). The van der Waals surface area contributed by atoms with Gasteiger partial charge in [0, 0.05) is 6.42 Å². The number of rotatable bonds is 4. The number of epoxide rings is 1. The summed E-state index contributed by atoms with van der Waals surface area (Å²) in [7, 11) is 1.44. The molecule has 1 saturated heterocycles. The highest BCUT2D eigenvalue weighted by Gasteiger charge is 2.55. The topological polar surface area (TPSA) is 38.8 Å². The first-order valence-corrected chi connectivity index (χ1v) is 6.40. The lowest BCUT2D eigenvalue weighted by atomic mass is 9.82. The van der Waals surface area contributed by atoms with Crippen LogP contribution < -0.4 is 0 Å². The van der Waals surface area contributed by atoms with Crippen molar-refractivity contribution < 1.29 is 14.3 Å². The van der Waals surface area contributed by atoms with E-state index in [1.165, 1.54) is 39.2 Å². The van der Waals surface area contributed by atoms with E-state index in [4.69, 9.17) is 4.74 Å². The summed E-state index contributed by atoms with van der Waals surface area (Å²) in [4.78, 5) is 11.1. The fourth-order valence-corrected chi connectivity index (χ4v) is 2.94. The molecule has 1 heterocycles. The van der Waals surface area contributed by atoms with Crippen molar-refractivity contribution in [2.75, 3.05) is 7.11 Å². The number of hydrogen-bond acceptors (Lipinski definition) is 3. The molecule has 0 aromatic rings. The SMILES string of the molecule is COC(=O)CC[C@@]1(C)OC1C1CCCCC1. The van der Waals surface area contributed by atoms with Crippen LogP contribution in [-0.4, -0.2) is 24.8 Å². The minimum atomic E-state index is -0.126. The first kappa shape index (κ1) is 11.9. The Bertz CT molecular complexity index is 258. The zero-order valence-electron chi connectivity index (χ0n) is 10.3. The predicted octanol–water partition coefficient (Wildman–Crippen LogP) is 2.68. The zero-order chi connectivity index (χ0) is 11.6. The van der Waals surface area contributed by atoms with Crippen molar-refractivity contribution in [3.05, 3.63) is 0 Å². The Morgan fingerprint density at radius 1 is 1.38 bits per heavy atom. The van der Waals surface area contributed by atoms with E-state index in [-0.39, 0.29) is 11.6 Å². The average molecular weight is 226 g/mol. The third kappa shape index (κ3) is 2.57. The van der Waals surface area contributed by atoms with Crippen LogP contribution in [0.4, 0.5) is 0 Å². The molecular formula is C13H22O3. The molecule has 0 bridgehead atoms. The van der Waals surface area contributed by atoms with Gasteiger partial charge in [-0.1, -0.05) is 19.3 Å². The van der Waals surface area contributed by atoms with Gasteiger partial charge < -0.3 is 9.47 Å². The Morgan fingerprint density at radius 3 is 2.69 bits per heavy atom. The van der Waals surface area contributed by atoms with Crippen LogP contribution in [0.2, 0.25) is 0 Å². The summed E-state index contributed by atoms with van der Waals surface area (Å²) >= 11 is 0. The summed E-state index contributed by atoms with van der Waals surface area (Å²) in [5.74, 6) is 0.607. The maximum atomic E-state index is 11.1. The summed E-state index contributed by atoms with van der Waals surface area (Å²) in [6.07, 6.45) is 8.36. The maximum Gasteiger partial charge on any atom is 0.305 e. The van der Waals surface area contributed by atoms with Gasteiger partial charge in [-0.2, -0.15) is 0 Å². The molecule has 0 amide bonds. The molecule has 1 aliphatic heterocycles. The van der Waals surface area contributed by atoms with Gasteiger partial charge in [0.15, 0.2) is 0 Å². The van der Waals surface area contributed by atoms with Gasteiger partial charge in [0.25, 0.3) is 0 Å². The van der Waals surface area contributed by atoms with Crippen LogP contribution >= 0.6 is 0 Å². The van der Waals surface area contributed by atoms with E-state index in [1.54, 1.807) is 0 Å². The van der Waals surface area contributed by atoms with Crippen molar-refractivity contribution in [2.24, 2.45) is 5.92 Å². The molecule has 16 heavy (non-hydrogen) atoms. The molecule has 0 radical (unpaired) electrons. The summed E-state index contributed by atoms with van der Waals surface area (Å²) in [6, 6.07) is 0. The smallest absolute Gasteiger partial charge is 0.305 e. The number of carbonyl (C=O) groups excluding carboxylic acids is 1. The first-order valence-electron chi connectivity index (χ1n) is 6.40. The molecule has 1 unspecified atom stereocenters. The standard InChI is InChI=1S/C13H22O3/c1-13(9-8-11(14)15-2)12(16-13)10-6-4-3-5-7-10/h10,12H,3-9H2,1-2H3/t12?,13-/m1/s1. The van der Waals surface area contributed by atoms with E-state index in [0.717, 1.165) is 12.3 Å². The van der Waals surface area contributed by atoms with Gasteiger partial charge in [-0.25, -0.2) is 0 Å². The second kappa shape index (κ2) is 4.74. The highest BCUT2D eigenvalue weighted by atomic mass is 16.6. The molecule has 2 fully saturated rings. The van der Waals surface area contributed by atoms with Gasteiger partial charge in [0.2, 0.25) is 0 Å². The van der Waals surface area contributed by atoms with Gasteiger partial charge in [0.1, 0.15) is 0 Å². The zero-order valence-corrected chi connectivity index (χ0v) is 10.3. The van der Waals surface area contributed by atoms with E-state index in [9.17, 15) is 4.79 Å². The van der Waals surface area contributed by atoms with Crippen molar-refractivity contribution in [2.45, 2.75) is 63.6 Å². The number of methoxy groups -OCH3 is 1. The van der Waals surface area contributed by atoms with Gasteiger partial charge in [-0.05, 0) is 32.1 Å². The van der Waals surface area contributed by atoms with Crippen LogP contribution in [0, 0.1) is 5.92 Å². The van der Waals surface area contributed by atoms with Gasteiger partial charge in [0.05, 0.1) is 18.8 Å². The second-order valence-corrected chi connectivity index (χ2v) is 5.33. The number of esters is 1. The van der Waals surface area contributed by atoms with Gasteiger partial charge in [-0.15, -0.1) is 0 Å². The van der Waals surface area contributed by atoms with E-state index >= 15 is 0 Å². The Balaban J connectivity index is 1.76. The lowest BCUT2D eigenvalue weighted by Gasteiger charge is -2.20. The van der Waals surface area contributed by atoms with E-state index in [1.807, 2.05) is 0 Å².